The lowest BCUT2D eigenvalue weighted by molar-refractivity contribution is -0.136. The van der Waals surface area contributed by atoms with Gasteiger partial charge < -0.3 is 4.74 Å². The number of nitrogens with zero attached hydrogens (tertiary/aromatic N) is 4. The molecule has 2 saturated heterocycles. The number of alkyl halides is 3. The summed E-state index contributed by atoms with van der Waals surface area (Å²) >= 11 is 3.06. The second-order valence-corrected chi connectivity index (χ2v) is 9.63. The lowest BCUT2D eigenvalue weighted by Gasteiger charge is -2.44. The van der Waals surface area contributed by atoms with E-state index in [4.69, 9.17) is 4.74 Å². The van der Waals surface area contributed by atoms with Gasteiger partial charge in [-0.05, 0) is 59.2 Å². The van der Waals surface area contributed by atoms with E-state index < -0.39 is 22.8 Å². The van der Waals surface area contributed by atoms with Crippen molar-refractivity contribution in [3.63, 3.8) is 0 Å². The Labute approximate surface area is 200 Å². The van der Waals surface area contributed by atoms with Crippen LogP contribution in [0.25, 0.3) is 11.2 Å². The van der Waals surface area contributed by atoms with Crippen molar-refractivity contribution in [1.29, 1.82) is 5.26 Å². The molecule has 1 unspecified atom stereocenters. The summed E-state index contributed by atoms with van der Waals surface area (Å²) in [7, 11) is 1.98. The molecule has 0 saturated carbocycles. The maximum Gasteiger partial charge on any atom is 0.418 e. The first-order valence-corrected chi connectivity index (χ1v) is 11.2. The molecule has 178 valence electrons. The number of rotatable bonds is 4. The minimum atomic E-state index is -4.64. The second kappa shape index (κ2) is 8.21. The van der Waals surface area contributed by atoms with Crippen molar-refractivity contribution in [1.82, 2.24) is 24.7 Å². The fourth-order valence-corrected chi connectivity index (χ4v) is 4.96. The van der Waals surface area contributed by atoms with Crippen LogP contribution in [0.2, 0.25) is 0 Å². The zero-order valence-corrected chi connectivity index (χ0v) is 19.6. The van der Waals surface area contributed by atoms with Crippen LogP contribution in [0.1, 0.15) is 23.1 Å². The van der Waals surface area contributed by atoms with Crippen molar-refractivity contribution >= 4 is 21.4 Å². The number of halogens is 4. The summed E-state index contributed by atoms with van der Waals surface area (Å²) in [5, 5.41) is 9.65. The zero-order chi connectivity index (χ0) is 24.3. The van der Waals surface area contributed by atoms with E-state index in [1.807, 2.05) is 7.05 Å². The molecule has 4 heterocycles. The number of fused-ring (bicyclic) bond motifs is 1. The number of pyridine rings is 1. The molecule has 0 bridgehead atoms. The Morgan fingerprint density at radius 1 is 1.26 bits per heavy atom. The van der Waals surface area contributed by atoms with Gasteiger partial charge in [0, 0.05) is 22.3 Å². The molecule has 0 spiro atoms. The van der Waals surface area contributed by atoms with Crippen LogP contribution in [0.5, 0.6) is 0 Å². The molecule has 1 atom stereocenters. The predicted octanol–water partition coefficient (Wildman–Crippen LogP) is 2.72. The van der Waals surface area contributed by atoms with Crippen molar-refractivity contribution in [2.75, 3.05) is 26.9 Å². The van der Waals surface area contributed by atoms with Gasteiger partial charge in [-0.1, -0.05) is 0 Å². The van der Waals surface area contributed by atoms with Gasteiger partial charge in [-0.3, -0.25) is 13.9 Å². The number of nitrogens with one attached hydrogen (secondary N) is 2. The largest absolute Gasteiger partial charge is 0.418 e. The summed E-state index contributed by atoms with van der Waals surface area (Å²) in [6, 6.07) is 8.07. The average molecular weight is 537 g/mol. The van der Waals surface area contributed by atoms with Crippen LogP contribution >= 0.6 is 15.9 Å². The van der Waals surface area contributed by atoms with Crippen LogP contribution in [0.3, 0.4) is 0 Å². The van der Waals surface area contributed by atoms with Gasteiger partial charge in [0.1, 0.15) is 0 Å². The topological polar surface area (TPSA) is 86.7 Å². The van der Waals surface area contributed by atoms with Gasteiger partial charge in [-0.25, -0.2) is 15.6 Å². The van der Waals surface area contributed by atoms with Crippen LogP contribution in [0.4, 0.5) is 13.2 Å². The summed E-state index contributed by atoms with van der Waals surface area (Å²) in [6.45, 7) is 1.55. The molecule has 3 aromatic rings. The summed E-state index contributed by atoms with van der Waals surface area (Å²) in [6.07, 6.45) is -1.46. The minimum absolute atomic E-state index is 0.0320. The highest BCUT2D eigenvalue weighted by Crippen LogP contribution is 2.39. The molecule has 2 aromatic heterocycles. The fourth-order valence-electron chi connectivity index (χ4n) is 4.52. The third-order valence-corrected chi connectivity index (χ3v) is 6.88. The molecule has 34 heavy (non-hydrogen) atoms. The number of aromatic nitrogens is 2. The SMILES string of the molecule is CN1CNNC1CC1(c2cc(C#N)cc(-n3cc4c(C(F)(F)F)cc(Br)cn4c3=O)c2)COC1. The molecule has 0 amide bonds. The summed E-state index contributed by atoms with van der Waals surface area (Å²) in [5.74, 6) is 0. The minimum Gasteiger partial charge on any atom is -0.379 e. The molecule has 2 N–H and O–H groups in total. The van der Waals surface area contributed by atoms with Gasteiger partial charge in [0.25, 0.3) is 0 Å². The number of benzene rings is 1. The monoisotopic (exact) mass is 536 g/mol. The standard InChI is InChI=1S/C22H20BrF3N6O2/c1-30-12-28-29-19(30)6-21(10-34-11-21)14-2-13(7-27)3-16(4-14)31-9-18-17(22(24,25)26)5-15(23)8-32(18)20(31)33/h2-5,8-9,19,28-29H,6,10-12H2,1H3. The quantitative estimate of drug-likeness (QED) is 0.533. The molecular weight excluding hydrogens is 517 g/mol. The van der Waals surface area contributed by atoms with Gasteiger partial charge in [0.2, 0.25) is 0 Å². The number of hydrogen-bond donors (Lipinski definition) is 2. The smallest absolute Gasteiger partial charge is 0.379 e. The maximum absolute atomic E-state index is 13.6. The van der Waals surface area contributed by atoms with E-state index in [0.29, 0.717) is 37.6 Å². The van der Waals surface area contributed by atoms with E-state index in [0.717, 1.165) is 26.8 Å². The number of imidazole rings is 1. The highest BCUT2D eigenvalue weighted by molar-refractivity contribution is 9.10. The van der Waals surface area contributed by atoms with E-state index in [1.165, 1.54) is 12.3 Å². The number of hydrazine groups is 1. The highest BCUT2D eigenvalue weighted by Gasteiger charge is 2.44. The van der Waals surface area contributed by atoms with Crippen LogP contribution < -0.4 is 16.5 Å². The summed E-state index contributed by atoms with van der Waals surface area (Å²) in [5.41, 5.74) is 5.47. The van der Waals surface area contributed by atoms with Crippen molar-refractivity contribution < 1.29 is 17.9 Å². The van der Waals surface area contributed by atoms with Crippen LogP contribution in [0.15, 0.2) is 45.9 Å². The van der Waals surface area contributed by atoms with Crippen molar-refractivity contribution in [3.8, 4) is 11.8 Å². The molecule has 1 aromatic carbocycles. The van der Waals surface area contributed by atoms with E-state index in [9.17, 15) is 23.2 Å². The molecule has 0 aliphatic carbocycles. The Kier molecular flexibility index (Phi) is 5.57. The Morgan fingerprint density at radius 3 is 2.62 bits per heavy atom. The summed E-state index contributed by atoms with van der Waals surface area (Å²) < 4.78 is 48.7. The van der Waals surface area contributed by atoms with Gasteiger partial charge in [-0.2, -0.15) is 18.4 Å². The van der Waals surface area contributed by atoms with Crippen molar-refractivity contribution in [3.05, 3.63) is 68.3 Å². The highest BCUT2D eigenvalue weighted by atomic mass is 79.9. The van der Waals surface area contributed by atoms with Gasteiger partial charge in [0.05, 0.1) is 54.4 Å². The van der Waals surface area contributed by atoms with Crippen LogP contribution in [-0.2, 0) is 16.3 Å². The Morgan fingerprint density at radius 2 is 2.03 bits per heavy atom. The maximum atomic E-state index is 13.6. The summed E-state index contributed by atoms with van der Waals surface area (Å²) in [4.78, 5) is 15.2. The van der Waals surface area contributed by atoms with Crippen molar-refractivity contribution in [2.24, 2.45) is 0 Å². The third kappa shape index (κ3) is 3.83. The average Bonchev–Trinajstić information content (AvgIpc) is 3.31. The Hall–Kier alpha value is -2.69. The van der Waals surface area contributed by atoms with Gasteiger partial charge in [-0.15, -0.1) is 0 Å². The molecule has 0 radical (unpaired) electrons. The lowest BCUT2D eigenvalue weighted by atomic mass is 9.74. The predicted molar refractivity (Wildman–Crippen MR) is 120 cm³/mol. The van der Waals surface area contributed by atoms with E-state index >= 15 is 0 Å². The van der Waals surface area contributed by atoms with Crippen LogP contribution in [-0.4, -0.2) is 47.0 Å². The van der Waals surface area contributed by atoms with E-state index in [1.54, 1.807) is 12.1 Å². The first-order valence-electron chi connectivity index (χ1n) is 10.4. The molecular formula is C22H20BrF3N6O2. The number of ether oxygens (including phenoxy) is 1. The molecule has 5 rings (SSSR count). The lowest BCUT2D eigenvalue weighted by Crippen LogP contribution is -2.52. The molecule has 8 nitrogen and oxygen atoms in total. The number of hydrogen-bond acceptors (Lipinski definition) is 6. The molecule has 12 heteroatoms. The normalized spacial score (nSPS) is 20.4. The Bertz CT molecular complexity index is 1370. The first-order chi connectivity index (χ1) is 16.1. The third-order valence-electron chi connectivity index (χ3n) is 6.45. The number of nitriles is 1. The molecule has 2 aliphatic heterocycles. The van der Waals surface area contributed by atoms with E-state index in [2.05, 4.69) is 37.8 Å². The fraction of sp³-hybridized carbons (Fsp3) is 0.364. The zero-order valence-electron chi connectivity index (χ0n) is 18.0. The second-order valence-electron chi connectivity index (χ2n) is 8.72. The van der Waals surface area contributed by atoms with E-state index in [-0.39, 0.29) is 16.2 Å². The van der Waals surface area contributed by atoms with Gasteiger partial charge >= 0.3 is 11.9 Å². The van der Waals surface area contributed by atoms with Gasteiger partial charge in [0.15, 0.2) is 0 Å². The van der Waals surface area contributed by atoms with Crippen LogP contribution in [0, 0.1) is 11.3 Å². The molecule has 2 fully saturated rings. The van der Waals surface area contributed by atoms with Crippen molar-refractivity contribution in [2.45, 2.75) is 24.2 Å². The Balaban J connectivity index is 1.65. The first kappa shape index (κ1) is 23.1. The molecule has 2 aliphatic rings.